The summed E-state index contributed by atoms with van der Waals surface area (Å²) in [5, 5.41) is 6.15. The number of nitrogens with one attached hydrogen (secondary N) is 2. The Morgan fingerprint density at radius 2 is 2.12 bits per heavy atom. The van der Waals surface area contributed by atoms with Crippen molar-refractivity contribution in [1.82, 2.24) is 10.6 Å². The molecule has 1 saturated heterocycles. The van der Waals surface area contributed by atoms with Crippen LogP contribution in [0.4, 0.5) is 0 Å². The number of hydrogen-bond donors (Lipinski definition) is 2. The van der Waals surface area contributed by atoms with Crippen molar-refractivity contribution in [3.05, 3.63) is 0 Å². The molecule has 0 aliphatic carbocycles. The molecule has 0 spiro atoms. The maximum Gasteiger partial charge on any atom is 0.224 e. The number of methoxy groups -OCH3 is 2. The van der Waals surface area contributed by atoms with E-state index in [1.54, 1.807) is 14.2 Å². The largest absolute Gasteiger partial charge is 0.354 e. The Balaban J connectivity index is 2.37. The Hall–Kier alpha value is -0.650. The normalized spacial score (nSPS) is 23.1. The number of rotatable bonds is 5. The lowest BCUT2D eigenvalue weighted by atomic mass is 9.98. The van der Waals surface area contributed by atoms with Crippen LogP contribution >= 0.6 is 0 Å². The van der Waals surface area contributed by atoms with E-state index in [0.717, 1.165) is 25.9 Å². The van der Waals surface area contributed by atoms with Crippen molar-refractivity contribution in [3.63, 3.8) is 0 Å². The molecule has 1 amide bonds. The van der Waals surface area contributed by atoms with Crippen LogP contribution < -0.4 is 10.6 Å². The molecule has 1 aliphatic rings. The van der Waals surface area contributed by atoms with Gasteiger partial charge in [0, 0.05) is 20.8 Å². The molecule has 16 heavy (non-hydrogen) atoms. The molecular formula is C11H22N2O3. The molecule has 1 fully saturated rings. The van der Waals surface area contributed by atoms with Gasteiger partial charge in [-0.25, -0.2) is 0 Å². The minimum Gasteiger partial charge on any atom is -0.354 e. The van der Waals surface area contributed by atoms with E-state index in [4.69, 9.17) is 9.47 Å². The fraction of sp³-hybridized carbons (Fsp3) is 0.909. The second-order valence-corrected chi connectivity index (χ2v) is 4.18. The molecule has 5 heteroatoms. The molecule has 0 radical (unpaired) electrons. The molecule has 2 unspecified atom stereocenters. The highest BCUT2D eigenvalue weighted by molar-refractivity contribution is 5.79. The molecule has 0 bridgehead atoms. The van der Waals surface area contributed by atoms with Gasteiger partial charge in [0.2, 0.25) is 5.91 Å². The van der Waals surface area contributed by atoms with Crippen LogP contribution in [0.25, 0.3) is 0 Å². The van der Waals surface area contributed by atoms with Crippen molar-refractivity contribution in [3.8, 4) is 0 Å². The first-order chi connectivity index (χ1) is 7.69. The number of amides is 1. The molecule has 0 aromatic heterocycles. The molecule has 1 aliphatic heterocycles. The molecule has 2 N–H and O–H groups in total. The van der Waals surface area contributed by atoms with Crippen LogP contribution in [0.5, 0.6) is 0 Å². The van der Waals surface area contributed by atoms with Crippen molar-refractivity contribution in [2.75, 3.05) is 27.3 Å². The first-order valence-electron chi connectivity index (χ1n) is 5.75. The van der Waals surface area contributed by atoms with Gasteiger partial charge in [0.25, 0.3) is 0 Å². The standard InChI is InChI=1S/C11H22N2O3/c1-8(11(15-2)16-3)13-10(14)9-5-4-6-12-7-9/h8-9,11-12H,4-7H2,1-3H3,(H,13,14). The summed E-state index contributed by atoms with van der Waals surface area (Å²) in [7, 11) is 3.14. The van der Waals surface area contributed by atoms with Crippen LogP contribution in [-0.2, 0) is 14.3 Å². The predicted octanol–water partition coefficient (Wildman–Crippen LogP) is 0.110. The van der Waals surface area contributed by atoms with E-state index in [0.29, 0.717) is 0 Å². The molecule has 94 valence electrons. The highest BCUT2D eigenvalue weighted by Crippen LogP contribution is 2.10. The van der Waals surface area contributed by atoms with Crippen LogP contribution in [0.3, 0.4) is 0 Å². The number of carbonyl (C=O) groups is 1. The average Bonchev–Trinajstić information content (AvgIpc) is 2.31. The number of hydrogen-bond acceptors (Lipinski definition) is 4. The summed E-state index contributed by atoms with van der Waals surface area (Å²) >= 11 is 0. The van der Waals surface area contributed by atoms with Gasteiger partial charge in [-0.2, -0.15) is 0 Å². The maximum atomic E-state index is 11.9. The smallest absolute Gasteiger partial charge is 0.224 e. The van der Waals surface area contributed by atoms with E-state index in [-0.39, 0.29) is 24.2 Å². The third-order valence-electron chi connectivity index (χ3n) is 2.91. The molecular weight excluding hydrogens is 208 g/mol. The topological polar surface area (TPSA) is 59.6 Å². The number of carbonyl (C=O) groups excluding carboxylic acids is 1. The van der Waals surface area contributed by atoms with Gasteiger partial charge in [-0.05, 0) is 26.3 Å². The third kappa shape index (κ3) is 3.73. The molecule has 5 nitrogen and oxygen atoms in total. The lowest BCUT2D eigenvalue weighted by Gasteiger charge is -2.26. The zero-order chi connectivity index (χ0) is 12.0. The van der Waals surface area contributed by atoms with Crippen LogP contribution in [0, 0.1) is 5.92 Å². The minimum absolute atomic E-state index is 0.0746. The van der Waals surface area contributed by atoms with Gasteiger partial charge in [-0.1, -0.05) is 0 Å². The summed E-state index contributed by atoms with van der Waals surface area (Å²) in [6.45, 7) is 3.66. The highest BCUT2D eigenvalue weighted by Gasteiger charge is 2.24. The molecule has 2 atom stereocenters. The quantitative estimate of drug-likeness (QED) is 0.658. The Morgan fingerprint density at radius 1 is 1.44 bits per heavy atom. The lowest BCUT2D eigenvalue weighted by molar-refractivity contribution is -0.138. The number of piperidine rings is 1. The Labute approximate surface area is 96.9 Å². The van der Waals surface area contributed by atoms with Gasteiger partial charge < -0.3 is 20.1 Å². The first kappa shape index (κ1) is 13.4. The Morgan fingerprint density at radius 3 is 2.62 bits per heavy atom. The lowest BCUT2D eigenvalue weighted by Crippen LogP contribution is -2.48. The highest BCUT2D eigenvalue weighted by atomic mass is 16.7. The first-order valence-corrected chi connectivity index (χ1v) is 5.75. The van der Waals surface area contributed by atoms with E-state index in [2.05, 4.69) is 10.6 Å². The summed E-state index contributed by atoms with van der Waals surface area (Å²) in [5.41, 5.74) is 0. The minimum atomic E-state index is -0.388. The van der Waals surface area contributed by atoms with Crippen LogP contribution in [0.1, 0.15) is 19.8 Å². The molecule has 1 rings (SSSR count). The average molecular weight is 230 g/mol. The van der Waals surface area contributed by atoms with Crippen LogP contribution in [-0.4, -0.2) is 45.5 Å². The van der Waals surface area contributed by atoms with E-state index >= 15 is 0 Å². The van der Waals surface area contributed by atoms with Crippen LogP contribution in [0.2, 0.25) is 0 Å². The zero-order valence-corrected chi connectivity index (χ0v) is 10.3. The predicted molar refractivity (Wildman–Crippen MR) is 61.0 cm³/mol. The van der Waals surface area contributed by atoms with Gasteiger partial charge >= 0.3 is 0 Å². The fourth-order valence-corrected chi connectivity index (χ4v) is 1.99. The second kappa shape index (κ2) is 6.83. The Bertz CT molecular complexity index is 213. The molecule has 0 saturated carbocycles. The molecule has 0 aromatic carbocycles. The van der Waals surface area contributed by atoms with Crippen molar-refractivity contribution in [1.29, 1.82) is 0 Å². The monoisotopic (exact) mass is 230 g/mol. The van der Waals surface area contributed by atoms with Crippen LogP contribution in [0.15, 0.2) is 0 Å². The number of ether oxygens (including phenoxy) is 2. The van der Waals surface area contributed by atoms with E-state index in [1.165, 1.54) is 0 Å². The second-order valence-electron chi connectivity index (χ2n) is 4.18. The summed E-state index contributed by atoms with van der Waals surface area (Å²) in [6.07, 6.45) is 1.63. The maximum absolute atomic E-state index is 11.9. The van der Waals surface area contributed by atoms with Gasteiger partial charge in [-0.3, -0.25) is 4.79 Å². The third-order valence-corrected chi connectivity index (χ3v) is 2.91. The zero-order valence-electron chi connectivity index (χ0n) is 10.3. The summed E-state index contributed by atoms with van der Waals surface area (Å²) in [6, 6.07) is -0.135. The van der Waals surface area contributed by atoms with E-state index in [1.807, 2.05) is 6.92 Å². The summed E-state index contributed by atoms with van der Waals surface area (Å²) in [5.74, 6) is 0.157. The molecule has 0 aromatic rings. The fourth-order valence-electron chi connectivity index (χ4n) is 1.99. The van der Waals surface area contributed by atoms with Gasteiger partial charge in [-0.15, -0.1) is 0 Å². The van der Waals surface area contributed by atoms with Gasteiger partial charge in [0.1, 0.15) is 0 Å². The summed E-state index contributed by atoms with van der Waals surface area (Å²) in [4.78, 5) is 11.9. The Kier molecular flexibility index (Phi) is 5.73. The van der Waals surface area contributed by atoms with E-state index < -0.39 is 0 Å². The van der Waals surface area contributed by atoms with E-state index in [9.17, 15) is 4.79 Å². The molecule has 1 heterocycles. The SMILES string of the molecule is COC(OC)C(C)NC(=O)C1CCCNC1. The summed E-state index contributed by atoms with van der Waals surface area (Å²) < 4.78 is 10.2. The van der Waals surface area contributed by atoms with Gasteiger partial charge in [0.15, 0.2) is 6.29 Å². The van der Waals surface area contributed by atoms with Crippen molar-refractivity contribution in [2.24, 2.45) is 5.92 Å². The van der Waals surface area contributed by atoms with Crippen molar-refractivity contribution in [2.45, 2.75) is 32.1 Å². The van der Waals surface area contributed by atoms with Gasteiger partial charge in [0.05, 0.1) is 12.0 Å². The van der Waals surface area contributed by atoms with Crippen molar-refractivity contribution < 1.29 is 14.3 Å². The van der Waals surface area contributed by atoms with Crippen molar-refractivity contribution >= 4 is 5.91 Å².